The van der Waals surface area contributed by atoms with Gasteiger partial charge in [0.2, 0.25) is 0 Å². The summed E-state index contributed by atoms with van der Waals surface area (Å²) in [5.41, 5.74) is 2.91. The molecule has 0 fully saturated rings. The smallest absolute Gasteiger partial charge is 0.405 e. The summed E-state index contributed by atoms with van der Waals surface area (Å²) in [6, 6.07) is 5.90. The van der Waals surface area contributed by atoms with Gasteiger partial charge in [0.25, 0.3) is 0 Å². The molecule has 0 heterocycles. The number of ether oxygens (including phenoxy) is 1. The Bertz CT molecular complexity index is 328. The Morgan fingerprint density at radius 3 is 2.56 bits per heavy atom. The number of alkyl halides is 3. The van der Waals surface area contributed by atoms with Crippen LogP contribution in [0.15, 0.2) is 24.3 Å². The maximum atomic E-state index is 12.0. The fourth-order valence-electron chi connectivity index (χ4n) is 1.10. The molecule has 90 valence electrons. The van der Waals surface area contributed by atoms with Gasteiger partial charge in [-0.25, -0.2) is 0 Å². The van der Waals surface area contributed by atoms with E-state index in [1.54, 1.807) is 13.0 Å². The average Bonchev–Trinajstić information content (AvgIpc) is 2.19. The third-order valence-electron chi connectivity index (χ3n) is 1.71. The van der Waals surface area contributed by atoms with E-state index >= 15 is 0 Å². The van der Waals surface area contributed by atoms with Gasteiger partial charge in [0, 0.05) is 12.1 Å². The van der Waals surface area contributed by atoms with Gasteiger partial charge in [0.15, 0.2) is 0 Å². The van der Waals surface area contributed by atoms with Crippen LogP contribution in [0.25, 0.3) is 0 Å². The number of hydrogen-bond donors (Lipinski definition) is 1. The van der Waals surface area contributed by atoms with Crippen LogP contribution in [0.2, 0.25) is 0 Å². The highest BCUT2D eigenvalue weighted by atomic mass is 19.4. The van der Waals surface area contributed by atoms with E-state index in [0.717, 1.165) is 0 Å². The van der Waals surface area contributed by atoms with Crippen molar-refractivity contribution in [3.63, 3.8) is 0 Å². The number of para-hydroxylation sites is 1. The lowest BCUT2D eigenvalue weighted by molar-refractivity contribution is -0.275. The van der Waals surface area contributed by atoms with Gasteiger partial charge in [0.05, 0.1) is 6.61 Å². The Labute approximate surface area is 91.1 Å². The van der Waals surface area contributed by atoms with Crippen molar-refractivity contribution in [3.05, 3.63) is 29.8 Å². The summed E-state index contributed by atoms with van der Waals surface area (Å²) < 4.78 is 40.0. The minimum atomic E-state index is -4.68. The molecule has 0 radical (unpaired) electrons. The lowest BCUT2D eigenvalue weighted by Gasteiger charge is -2.13. The zero-order valence-corrected chi connectivity index (χ0v) is 8.67. The lowest BCUT2D eigenvalue weighted by Crippen LogP contribution is -2.20. The molecule has 1 rings (SSSR count). The standard InChI is InChI=1S/C10H12F3NO2/c1-2-15-14-7-8-5-3-4-6-9(8)16-10(11,12)13/h3-6,14H,2,7H2,1H3. The summed E-state index contributed by atoms with van der Waals surface area (Å²) in [5.74, 6) is -0.220. The molecular weight excluding hydrogens is 223 g/mol. The van der Waals surface area contributed by atoms with E-state index in [0.29, 0.717) is 12.2 Å². The zero-order chi connectivity index (χ0) is 12.0. The van der Waals surface area contributed by atoms with Crippen LogP contribution in [0, 0.1) is 0 Å². The van der Waals surface area contributed by atoms with Crippen LogP contribution in [-0.2, 0) is 11.4 Å². The second kappa shape index (κ2) is 5.72. The summed E-state index contributed by atoms with van der Waals surface area (Å²) >= 11 is 0. The molecule has 1 aromatic carbocycles. The predicted molar refractivity (Wildman–Crippen MR) is 51.6 cm³/mol. The van der Waals surface area contributed by atoms with E-state index in [2.05, 4.69) is 10.2 Å². The Morgan fingerprint density at radius 2 is 1.94 bits per heavy atom. The number of hydroxylamine groups is 1. The first kappa shape index (κ1) is 12.8. The normalized spacial score (nSPS) is 11.5. The van der Waals surface area contributed by atoms with Crippen LogP contribution >= 0.6 is 0 Å². The fraction of sp³-hybridized carbons (Fsp3) is 0.400. The van der Waals surface area contributed by atoms with Crippen molar-refractivity contribution < 1.29 is 22.7 Å². The number of benzene rings is 1. The van der Waals surface area contributed by atoms with Crippen molar-refractivity contribution in [3.8, 4) is 5.75 Å². The van der Waals surface area contributed by atoms with Gasteiger partial charge in [-0.15, -0.1) is 13.2 Å². The SMILES string of the molecule is CCONCc1ccccc1OC(F)(F)F. The lowest BCUT2D eigenvalue weighted by atomic mass is 10.2. The fourth-order valence-corrected chi connectivity index (χ4v) is 1.10. The molecule has 0 aliphatic rings. The molecule has 0 amide bonds. The number of hydrogen-bond acceptors (Lipinski definition) is 3. The molecule has 3 nitrogen and oxygen atoms in total. The van der Waals surface area contributed by atoms with Gasteiger partial charge in [-0.1, -0.05) is 18.2 Å². The van der Waals surface area contributed by atoms with Crippen LogP contribution < -0.4 is 10.2 Å². The Kier molecular flexibility index (Phi) is 4.57. The predicted octanol–water partition coefficient (Wildman–Crippen LogP) is 2.63. The minimum absolute atomic E-state index is 0.153. The monoisotopic (exact) mass is 235 g/mol. The third kappa shape index (κ3) is 4.50. The maximum absolute atomic E-state index is 12.0. The quantitative estimate of drug-likeness (QED) is 0.628. The summed E-state index contributed by atoms with van der Waals surface area (Å²) in [5, 5.41) is 0. The van der Waals surface area contributed by atoms with Crippen LogP contribution in [0.5, 0.6) is 5.75 Å². The highest BCUT2D eigenvalue weighted by molar-refractivity contribution is 5.33. The summed E-state index contributed by atoms with van der Waals surface area (Å²) in [7, 11) is 0. The Balaban J connectivity index is 2.68. The number of halogens is 3. The molecule has 0 bridgehead atoms. The van der Waals surface area contributed by atoms with E-state index in [9.17, 15) is 13.2 Å². The Morgan fingerprint density at radius 1 is 1.25 bits per heavy atom. The Hall–Kier alpha value is -1.27. The highest BCUT2D eigenvalue weighted by Gasteiger charge is 2.31. The van der Waals surface area contributed by atoms with Crippen molar-refractivity contribution in [2.45, 2.75) is 19.8 Å². The summed E-state index contributed by atoms with van der Waals surface area (Å²) in [6.45, 7) is 2.35. The second-order valence-electron chi connectivity index (χ2n) is 2.91. The second-order valence-corrected chi connectivity index (χ2v) is 2.91. The van der Waals surface area contributed by atoms with Crippen molar-refractivity contribution in [2.75, 3.05) is 6.61 Å². The van der Waals surface area contributed by atoms with Crippen molar-refractivity contribution in [2.24, 2.45) is 0 Å². The van der Waals surface area contributed by atoms with Gasteiger partial charge in [-0.3, -0.25) is 0 Å². The molecule has 1 aromatic rings. The molecule has 16 heavy (non-hydrogen) atoms. The van der Waals surface area contributed by atoms with Crippen LogP contribution in [0.1, 0.15) is 12.5 Å². The minimum Gasteiger partial charge on any atom is -0.405 e. The first-order valence-electron chi connectivity index (χ1n) is 4.71. The first-order valence-corrected chi connectivity index (χ1v) is 4.71. The van der Waals surface area contributed by atoms with Crippen LogP contribution in [0.3, 0.4) is 0 Å². The average molecular weight is 235 g/mol. The van der Waals surface area contributed by atoms with E-state index in [4.69, 9.17) is 4.84 Å². The van der Waals surface area contributed by atoms with Gasteiger partial charge in [-0.05, 0) is 13.0 Å². The molecule has 0 saturated heterocycles. The summed E-state index contributed by atoms with van der Waals surface area (Å²) in [4.78, 5) is 4.84. The maximum Gasteiger partial charge on any atom is 0.573 e. The molecule has 0 aromatic heterocycles. The molecule has 0 atom stereocenters. The summed E-state index contributed by atoms with van der Waals surface area (Å²) in [6.07, 6.45) is -4.68. The molecule has 6 heteroatoms. The zero-order valence-electron chi connectivity index (χ0n) is 8.67. The number of rotatable bonds is 5. The third-order valence-corrected chi connectivity index (χ3v) is 1.71. The topological polar surface area (TPSA) is 30.5 Å². The van der Waals surface area contributed by atoms with Crippen molar-refractivity contribution in [1.82, 2.24) is 5.48 Å². The van der Waals surface area contributed by atoms with Crippen molar-refractivity contribution >= 4 is 0 Å². The van der Waals surface area contributed by atoms with E-state index in [-0.39, 0.29) is 12.3 Å². The first-order chi connectivity index (χ1) is 7.53. The molecule has 1 N–H and O–H groups in total. The van der Waals surface area contributed by atoms with E-state index in [1.807, 2.05) is 0 Å². The molecular formula is C10H12F3NO2. The van der Waals surface area contributed by atoms with Gasteiger partial charge in [0.1, 0.15) is 5.75 Å². The van der Waals surface area contributed by atoms with Crippen LogP contribution in [0.4, 0.5) is 13.2 Å². The van der Waals surface area contributed by atoms with Crippen LogP contribution in [-0.4, -0.2) is 13.0 Å². The van der Waals surface area contributed by atoms with Gasteiger partial charge in [-0.2, -0.15) is 5.48 Å². The number of nitrogens with one attached hydrogen (secondary N) is 1. The molecule has 0 aliphatic carbocycles. The van der Waals surface area contributed by atoms with E-state index < -0.39 is 6.36 Å². The van der Waals surface area contributed by atoms with E-state index in [1.165, 1.54) is 18.2 Å². The molecule has 0 aliphatic heterocycles. The van der Waals surface area contributed by atoms with Gasteiger partial charge >= 0.3 is 6.36 Å². The van der Waals surface area contributed by atoms with Crippen molar-refractivity contribution in [1.29, 1.82) is 0 Å². The largest absolute Gasteiger partial charge is 0.573 e. The molecule has 0 unspecified atom stereocenters. The molecule has 0 saturated carbocycles. The molecule has 0 spiro atoms. The highest BCUT2D eigenvalue weighted by Crippen LogP contribution is 2.25. The van der Waals surface area contributed by atoms with Gasteiger partial charge < -0.3 is 9.57 Å².